The predicted octanol–water partition coefficient (Wildman–Crippen LogP) is 1.78. The first-order chi connectivity index (χ1) is 11.9. The number of rotatable bonds is 5. The zero-order valence-electron chi connectivity index (χ0n) is 13.5. The maximum Gasteiger partial charge on any atom is 0.387 e. The van der Waals surface area contributed by atoms with Crippen LogP contribution in [0.3, 0.4) is 0 Å². The van der Waals surface area contributed by atoms with Gasteiger partial charge in [0.2, 0.25) is 5.91 Å². The van der Waals surface area contributed by atoms with Gasteiger partial charge >= 0.3 is 12.6 Å². The number of hydrogen-bond acceptors (Lipinski definition) is 4. The monoisotopic (exact) mass is 355 g/mol. The Balaban J connectivity index is 1.65. The molecule has 0 saturated carbocycles. The highest BCUT2D eigenvalue weighted by molar-refractivity contribution is 5.82. The third kappa shape index (κ3) is 3.58. The molecule has 3 rings (SSSR count). The Kier molecular flexibility index (Phi) is 4.89. The van der Waals surface area contributed by atoms with Gasteiger partial charge < -0.3 is 19.5 Å². The largest absolute Gasteiger partial charge is 0.481 e. The number of benzene rings is 1. The van der Waals surface area contributed by atoms with Crippen LogP contribution in [0.25, 0.3) is 0 Å². The molecule has 1 aromatic carbocycles. The standard InChI is InChI=1S/C17H19F2NO5/c18-16(19)25-13-3-1-11(2-4-13)7-14(21)20-8-12-9-24-6-5-17(12,10-20)15(22)23/h1-4,12,16H,5-10H2,(H,22,23)/t12-,17+/m0/s1. The summed E-state index contributed by atoms with van der Waals surface area (Å²) in [4.78, 5) is 25.8. The summed E-state index contributed by atoms with van der Waals surface area (Å²) in [6.45, 7) is -1.62. The quantitative estimate of drug-likeness (QED) is 0.871. The molecule has 6 nitrogen and oxygen atoms in total. The van der Waals surface area contributed by atoms with Crippen molar-refractivity contribution in [3.05, 3.63) is 29.8 Å². The maximum absolute atomic E-state index is 12.5. The van der Waals surface area contributed by atoms with E-state index in [1.165, 1.54) is 12.1 Å². The Morgan fingerprint density at radius 3 is 2.68 bits per heavy atom. The summed E-state index contributed by atoms with van der Waals surface area (Å²) in [7, 11) is 0. The van der Waals surface area contributed by atoms with E-state index in [2.05, 4.69) is 4.74 Å². The van der Waals surface area contributed by atoms with Crippen LogP contribution in [0, 0.1) is 11.3 Å². The van der Waals surface area contributed by atoms with Crippen molar-refractivity contribution in [3.8, 4) is 5.75 Å². The predicted molar refractivity (Wildman–Crippen MR) is 82.4 cm³/mol. The van der Waals surface area contributed by atoms with Gasteiger partial charge in [-0.15, -0.1) is 0 Å². The smallest absolute Gasteiger partial charge is 0.387 e. The van der Waals surface area contributed by atoms with Crippen LogP contribution in [-0.2, 0) is 20.7 Å². The van der Waals surface area contributed by atoms with E-state index in [1.54, 1.807) is 17.0 Å². The van der Waals surface area contributed by atoms with E-state index in [-0.39, 0.29) is 30.5 Å². The molecule has 25 heavy (non-hydrogen) atoms. The summed E-state index contributed by atoms with van der Waals surface area (Å²) in [5.74, 6) is -1.24. The van der Waals surface area contributed by atoms with Crippen molar-refractivity contribution in [1.29, 1.82) is 0 Å². The molecule has 0 bridgehead atoms. The fourth-order valence-electron chi connectivity index (χ4n) is 3.56. The van der Waals surface area contributed by atoms with E-state index < -0.39 is 18.0 Å². The number of nitrogens with zero attached hydrogens (tertiary/aromatic N) is 1. The summed E-state index contributed by atoms with van der Waals surface area (Å²) in [5.41, 5.74) is -0.273. The molecule has 2 saturated heterocycles. The van der Waals surface area contributed by atoms with E-state index >= 15 is 0 Å². The minimum Gasteiger partial charge on any atom is -0.481 e. The Hall–Kier alpha value is -2.22. The highest BCUT2D eigenvalue weighted by atomic mass is 19.3. The fourth-order valence-corrected chi connectivity index (χ4v) is 3.56. The lowest BCUT2D eigenvalue weighted by atomic mass is 9.74. The fraction of sp³-hybridized carbons (Fsp3) is 0.529. The second-order valence-electron chi connectivity index (χ2n) is 6.46. The maximum atomic E-state index is 12.5. The van der Waals surface area contributed by atoms with Gasteiger partial charge in [0.15, 0.2) is 0 Å². The van der Waals surface area contributed by atoms with Gasteiger partial charge in [-0.25, -0.2) is 0 Å². The number of carbonyl (C=O) groups excluding carboxylic acids is 1. The third-order valence-electron chi connectivity index (χ3n) is 4.99. The van der Waals surface area contributed by atoms with E-state index in [0.717, 1.165) is 0 Å². The molecule has 1 amide bonds. The van der Waals surface area contributed by atoms with E-state index in [4.69, 9.17) is 4.74 Å². The SMILES string of the molecule is O=C(Cc1ccc(OC(F)F)cc1)N1C[C@H]2COCC[C@@]2(C(=O)O)C1. The first kappa shape index (κ1) is 17.6. The number of carboxylic acid groups (broad SMARTS) is 1. The number of hydrogen-bond donors (Lipinski definition) is 1. The Morgan fingerprint density at radius 1 is 1.36 bits per heavy atom. The van der Waals surface area contributed by atoms with Crippen LogP contribution in [0.5, 0.6) is 5.75 Å². The molecule has 136 valence electrons. The number of halogens is 2. The summed E-state index contributed by atoms with van der Waals surface area (Å²) in [6.07, 6.45) is 0.481. The molecule has 0 radical (unpaired) electrons. The van der Waals surface area contributed by atoms with Gasteiger partial charge in [-0.2, -0.15) is 8.78 Å². The highest BCUT2D eigenvalue weighted by Crippen LogP contribution is 2.42. The van der Waals surface area contributed by atoms with Crippen molar-refractivity contribution in [2.24, 2.45) is 11.3 Å². The number of ether oxygens (including phenoxy) is 2. The van der Waals surface area contributed by atoms with Gasteiger partial charge in [-0.1, -0.05) is 12.1 Å². The molecular weight excluding hydrogens is 336 g/mol. The van der Waals surface area contributed by atoms with Crippen molar-refractivity contribution in [2.75, 3.05) is 26.3 Å². The van der Waals surface area contributed by atoms with Crippen LogP contribution in [-0.4, -0.2) is 54.8 Å². The van der Waals surface area contributed by atoms with Crippen LogP contribution < -0.4 is 4.74 Å². The van der Waals surface area contributed by atoms with Crippen molar-refractivity contribution in [3.63, 3.8) is 0 Å². The molecule has 2 heterocycles. The van der Waals surface area contributed by atoms with Crippen LogP contribution >= 0.6 is 0 Å². The molecule has 0 aliphatic carbocycles. The van der Waals surface area contributed by atoms with Crippen molar-refractivity contribution < 1.29 is 33.0 Å². The van der Waals surface area contributed by atoms with Gasteiger partial charge in [-0.3, -0.25) is 9.59 Å². The summed E-state index contributed by atoms with van der Waals surface area (Å²) in [5, 5.41) is 9.62. The number of likely N-dealkylation sites (tertiary alicyclic amines) is 1. The lowest BCUT2D eigenvalue weighted by molar-refractivity contribution is -0.157. The number of amides is 1. The van der Waals surface area contributed by atoms with Gasteiger partial charge in [-0.05, 0) is 24.1 Å². The van der Waals surface area contributed by atoms with Crippen molar-refractivity contribution >= 4 is 11.9 Å². The summed E-state index contributed by atoms with van der Waals surface area (Å²) >= 11 is 0. The Bertz CT molecular complexity index is 651. The lowest BCUT2D eigenvalue weighted by Crippen LogP contribution is -2.45. The number of fused-ring (bicyclic) bond motifs is 1. The lowest BCUT2D eigenvalue weighted by Gasteiger charge is -2.33. The minimum absolute atomic E-state index is 0.0281. The van der Waals surface area contributed by atoms with Crippen LogP contribution in [0.15, 0.2) is 24.3 Å². The number of carboxylic acids is 1. The zero-order valence-corrected chi connectivity index (χ0v) is 13.5. The first-order valence-corrected chi connectivity index (χ1v) is 8.03. The van der Waals surface area contributed by atoms with Crippen LogP contribution in [0.1, 0.15) is 12.0 Å². The minimum atomic E-state index is -2.89. The third-order valence-corrected chi connectivity index (χ3v) is 4.99. The highest BCUT2D eigenvalue weighted by Gasteiger charge is 2.54. The molecule has 0 aromatic heterocycles. The van der Waals surface area contributed by atoms with Gasteiger partial charge in [0, 0.05) is 25.6 Å². The molecule has 0 spiro atoms. The van der Waals surface area contributed by atoms with E-state index in [9.17, 15) is 23.5 Å². The molecule has 2 aliphatic heterocycles. The second-order valence-corrected chi connectivity index (χ2v) is 6.46. The molecule has 0 unspecified atom stereocenters. The van der Waals surface area contributed by atoms with Gasteiger partial charge in [0.25, 0.3) is 0 Å². The summed E-state index contributed by atoms with van der Waals surface area (Å²) in [6, 6.07) is 5.86. The molecule has 2 fully saturated rings. The average molecular weight is 355 g/mol. The van der Waals surface area contributed by atoms with Crippen LogP contribution in [0.4, 0.5) is 8.78 Å². The number of aliphatic carboxylic acids is 1. The molecule has 1 aromatic rings. The second kappa shape index (κ2) is 6.95. The molecular formula is C17H19F2NO5. The Labute approximate surface area is 143 Å². The van der Waals surface area contributed by atoms with E-state index in [0.29, 0.717) is 31.7 Å². The van der Waals surface area contributed by atoms with Crippen molar-refractivity contribution in [1.82, 2.24) is 4.90 Å². The molecule has 1 N–H and O–H groups in total. The topological polar surface area (TPSA) is 76.1 Å². The van der Waals surface area contributed by atoms with Crippen LogP contribution in [0.2, 0.25) is 0 Å². The number of alkyl halides is 2. The molecule has 8 heteroatoms. The van der Waals surface area contributed by atoms with Gasteiger partial charge in [0.05, 0.1) is 18.4 Å². The number of carbonyl (C=O) groups is 2. The molecule has 2 atom stereocenters. The summed E-state index contributed by atoms with van der Waals surface area (Å²) < 4.78 is 33.9. The van der Waals surface area contributed by atoms with E-state index in [1.807, 2.05) is 0 Å². The van der Waals surface area contributed by atoms with Crippen molar-refractivity contribution in [2.45, 2.75) is 19.5 Å². The molecule has 2 aliphatic rings. The average Bonchev–Trinajstić information content (AvgIpc) is 2.97. The van der Waals surface area contributed by atoms with Gasteiger partial charge in [0.1, 0.15) is 5.75 Å². The normalized spacial score (nSPS) is 25.7. The zero-order chi connectivity index (χ0) is 18.0. The first-order valence-electron chi connectivity index (χ1n) is 8.03. The Morgan fingerprint density at radius 2 is 2.08 bits per heavy atom.